The van der Waals surface area contributed by atoms with Crippen molar-refractivity contribution in [3.63, 3.8) is 0 Å². The monoisotopic (exact) mass is 372 g/mol. The van der Waals surface area contributed by atoms with Gasteiger partial charge in [-0.1, -0.05) is 19.8 Å². The molecule has 2 aliphatic carbocycles. The van der Waals surface area contributed by atoms with Crippen LogP contribution >= 0.6 is 0 Å². The average Bonchev–Trinajstić information content (AvgIpc) is 3.21. The summed E-state index contributed by atoms with van der Waals surface area (Å²) in [4.78, 5) is 12.5. The van der Waals surface area contributed by atoms with Crippen LogP contribution in [0.1, 0.15) is 65.9 Å². The van der Waals surface area contributed by atoms with Crippen LogP contribution in [0.2, 0.25) is 0 Å². The molecule has 27 heavy (non-hydrogen) atoms. The van der Waals surface area contributed by atoms with E-state index in [0.717, 1.165) is 17.7 Å². The second-order valence-electron chi connectivity index (χ2n) is 8.60. The molecule has 2 fully saturated rings. The number of carbonyl (C=O) groups is 1. The van der Waals surface area contributed by atoms with E-state index in [4.69, 9.17) is 9.47 Å². The number of hydrogen-bond acceptors (Lipinski definition) is 4. The number of rotatable bonds is 7. The Kier molecular flexibility index (Phi) is 5.78. The Morgan fingerprint density at radius 1 is 1.22 bits per heavy atom. The molecule has 5 heteroatoms. The summed E-state index contributed by atoms with van der Waals surface area (Å²) in [6, 6.07) is 5.68. The molecule has 0 aromatic heterocycles. The van der Waals surface area contributed by atoms with Crippen LogP contribution in [0.25, 0.3) is 0 Å². The van der Waals surface area contributed by atoms with Gasteiger partial charge in [0, 0.05) is 17.5 Å². The minimum atomic E-state index is 0.0376. The van der Waals surface area contributed by atoms with Crippen LogP contribution in [0.3, 0.4) is 0 Å². The number of hydrazone groups is 1. The third kappa shape index (κ3) is 4.45. The third-order valence-electron chi connectivity index (χ3n) is 5.71. The maximum Gasteiger partial charge on any atom is 0.244 e. The minimum absolute atomic E-state index is 0.0376. The Labute approximate surface area is 162 Å². The molecule has 1 amide bonds. The van der Waals surface area contributed by atoms with E-state index < -0.39 is 0 Å². The van der Waals surface area contributed by atoms with Gasteiger partial charge in [0.05, 0.1) is 18.4 Å². The molecule has 2 aliphatic rings. The second-order valence-corrected chi connectivity index (χ2v) is 8.60. The first kappa shape index (κ1) is 19.7. The highest BCUT2D eigenvalue weighted by Crippen LogP contribution is 2.66. The first-order chi connectivity index (χ1) is 12.8. The molecule has 0 bridgehead atoms. The Morgan fingerprint density at radius 3 is 2.59 bits per heavy atom. The summed E-state index contributed by atoms with van der Waals surface area (Å²) in [5, 5.41) is 4.20. The van der Waals surface area contributed by atoms with Gasteiger partial charge in [0.1, 0.15) is 11.5 Å². The standard InChI is InChI=1S/C22H32N2O3/c1-14(2)26-17-10-9-16(19(12-17)27-15(3)4)13-23-24-21(25)20-18-8-6-7-11-22(18,20)5/h9-10,12-15,18,20H,6-8,11H2,1-5H3,(H,24,25)/b23-13-/t18-,20-,22+/m0/s1. The van der Waals surface area contributed by atoms with Gasteiger partial charge in [-0.05, 0) is 64.0 Å². The summed E-state index contributed by atoms with van der Waals surface area (Å²) in [6.45, 7) is 10.2. The largest absolute Gasteiger partial charge is 0.491 e. The molecule has 2 saturated carbocycles. The maximum atomic E-state index is 12.5. The molecule has 0 spiro atoms. The van der Waals surface area contributed by atoms with Crippen LogP contribution in [0.5, 0.6) is 11.5 Å². The number of nitrogens with one attached hydrogen (secondary N) is 1. The van der Waals surface area contributed by atoms with Crippen molar-refractivity contribution < 1.29 is 14.3 Å². The molecule has 1 aromatic rings. The second kappa shape index (κ2) is 7.91. The van der Waals surface area contributed by atoms with Crippen LogP contribution in [0.15, 0.2) is 23.3 Å². The van der Waals surface area contributed by atoms with Crippen LogP contribution in [0, 0.1) is 17.3 Å². The molecule has 1 N–H and O–H groups in total. The topological polar surface area (TPSA) is 59.9 Å². The Morgan fingerprint density at radius 2 is 1.96 bits per heavy atom. The highest BCUT2D eigenvalue weighted by Gasteiger charge is 2.64. The summed E-state index contributed by atoms with van der Waals surface area (Å²) < 4.78 is 11.6. The number of carbonyl (C=O) groups excluding carboxylic acids is 1. The van der Waals surface area contributed by atoms with Crippen molar-refractivity contribution >= 4 is 12.1 Å². The van der Waals surface area contributed by atoms with Crippen molar-refractivity contribution in [2.45, 2.75) is 72.5 Å². The number of amides is 1. The van der Waals surface area contributed by atoms with Gasteiger partial charge in [-0.2, -0.15) is 5.10 Å². The number of hydrogen-bond donors (Lipinski definition) is 1. The van der Waals surface area contributed by atoms with Crippen molar-refractivity contribution in [1.82, 2.24) is 5.43 Å². The molecule has 0 saturated heterocycles. The SMILES string of the molecule is CC(C)Oc1ccc(/C=N\NC(=O)[C@@H]2[C@@H]3CCCC[C@@]23C)c(OC(C)C)c1. The predicted octanol–water partition coefficient (Wildman–Crippen LogP) is 4.54. The zero-order valence-corrected chi connectivity index (χ0v) is 17.1. The Balaban J connectivity index is 1.66. The van der Waals surface area contributed by atoms with Crippen molar-refractivity contribution in [3.8, 4) is 11.5 Å². The van der Waals surface area contributed by atoms with E-state index in [1.54, 1.807) is 6.21 Å². The van der Waals surface area contributed by atoms with Crippen molar-refractivity contribution in [2.75, 3.05) is 0 Å². The van der Waals surface area contributed by atoms with Gasteiger partial charge in [-0.25, -0.2) is 5.43 Å². The summed E-state index contributed by atoms with van der Waals surface area (Å²) >= 11 is 0. The maximum absolute atomic E-state index is 12.5. The van der Waals surface area contributed by atoms with Crippen molar-refractivity contribution in [3.05, 3.63) is 23.8 Å². The van der Waals surface area contributed by atoms with E-state index in [1.165, 1.54) is 19.3 Å². The highest BCUT2D eigenvalue weighted by atomic mass is 16.5. The van der Waals surface area contributed by atoms with Crippen LogP contribution in [0.4, 0.5) is 0 Å². The van der Waals surface area contributed by atoms with Crippen molar-refractivity contribution in [1.29, 1.82) is 0 Å². The molecule has 0 unspecified atom stereocenters. The van der Waals surface area contributed by atoms with Gasteiger partial charge in [-0.15, -0.1) is 0 Å². The molecule has 0 aliphatic heterocycles. The van der Waals surface area contributed by atoms with Gasteiger partial charge < -0.3 is 9.47 Å². The lowest BCUT2D eigenvalue weighted by molar-refractivity contribution is -0.123. The zero-order valence-electron chi connectivity index (χ0n) is 17.1. The molecule has 0 heterocycles. The molecule has 0 radical (unpaired) electrons. The molecular weight excluding hydrogens is 340 g/mol. The smallest absolute Gasteiger partial charge is 0.244 e. The highest BCUT2D eigenvalue weighted by molar-refractivity contribution is 5.87. The zero-order chi connectivity index (χ0) is 19.6. The molecule has 1 aromatic carbocycles. The lowest BCUT2D eigenvalue weighted by atomic mass is 9.90. The molecular formula is C22H32N2O3. The number of nitrogens with zero attached hydrogens (tertiary/aromatic N) is 1. The third-order valence-corrected chi connectivity index (χ3v) is 5.71. The fourth-order valence-corrected chi connectivity index (χ4v) is 4.41. The number of benzene rings is 1. The van der Waals surface area contributed by atoms with E-state index in [1.807, 2.05) is 45.9 Å². The average molecular weight is 373 g/mol. The van der Waals surface area contributed by atoms with E-state index in [-0.39, 0.29) is 29.4 Å². The van der Waals surface area contributed by atoms with Gasteiger partial charge in [0.2, 0.25) is 5.91 Å². The van der Waals surface area contributed by atoms with Crippen LogP contribution in [-0.2, 0) is 4.79 Å². The van der Waals surface area contributed by atoms with E-state index in [9.17, 15) is 4.79 Å². The summed E-state index contributed by atoms with van der Waals surface area (Å²) in [5.41, 5.74) is 3.76. The van der Waals surface area contributed by atoms with Gasteiger partial charge in [0.25, 0.3) is 0 Å². The summed E-state index contributed by atoms with van der Waals surface area (Å²) in [7, 11) is 0. The van der Waals surface area contributed by atoms with E-state index in [2.05, 4.69) is 17.5 Å². The fraction of sp³-hybridized carbons (Fsp3) is 0.636. The van der Waals surface area contributed by atoms with Gasteiger partial charge in [-0.3, -0.25) is 4.79 Å². The van der Waals surface area contributed by atoms with Gasteiger partial charge in [0.15, 0.2) is 0 Å². The fourth-order valence-electron chi connectivity index (χ4n) is 4.41. The first-order valence-corrected chi connectivity index (χ1v) is 10.1. The summed E-state index contributed by atoms with van der Waals surface area (Å²) in [5.74, 6) is 2.16. The minimum Gasteiger partial charge on any atom is -0.491 e. The lowest BCUT2D eigenvalue weighted by Gasteiger charge is -2.16. The quantitative estimate of drug-likeness (QED) is 0.565. The van der Waals surface area contributed by atoms with Gasteiger partial charge >= 0.3 is 0 Å². The Hall–Kier alpha value is -2.04. The molecule has 3 rings (SSSR count). The first-order valence-electron chi connectivity index (χ1n) is 10.1. The Bertz CT molecular complexity index is 714. The molecule has 5 nitrogen and oxygen atoms in total. The van der Waals surface area contributed by atoms with E-state index in [0.29, 0.717) is 11.7 Å². The van der Waals surface area contributed by atoms with Crippen LogP contribution in [-0.4, -0.2) is 24.3 Å². The predicted molar refractivity (Wildman–Crippen MR) is 107 cm³/mol. The molecule has 3 atom stereocenters. The summed E-state index contributed by atoms with van der Waals surface area (Å²) in [6.07, 6.45) is 6.60. The lowest BCUT2D eigenvalue weighted by Crippen LogP contribution is -2.22. The van der Waals surface area contributed by atoms with Crippen LogP contribution < -0.4 is 14.9 Å². The van der Waals surface area contributed by atoms with E-state index >= 15 is 0 Å². The molecule has 148 valence electrons. The van der Waals surface area contributed by atoms with Crippen molar-refractivity contribution in [2.24, 2.45) is 22.4 Å². The number of fused-ring (bicyclic) bond motifs is 1. The normalized spacial score (nSPS) is 26.9. The number of ether oxygens (including phenoxy) is 2.